The van der Waals surface area contributed by atoms with E-state index in [4.69, 9.17) is 4.74 Å². The highest BCUT2D eigenvalue weighted by Gasteiger charge is 2.52. The number of likely N-dealkylation sites (N-methyl/N-ethyl adjacent to an activating group) is 1. The number of rotatable bonds is 9. The SMILES string of the molecule is C=CCN(C(=O)NCc1ccccc1)N1CC(=O)N2[C@@H](Cc3ccccc3)C(=O)N(Cc3cccc4c3N(C)CCO4)C[C@@H]21. The van der Waals surface area contributed by atoms with E-state index in [2.05, 4.69) is 16.8 Å². The number of amides is 4. The molecule has 3 aliphatic rings. The van der Waals surface area contributed by atoms with Crippen LogP contribution in [0.25, 0.3) is 0 Å². The number of hydrogen-bond donors (Lipinski definition) is 1. The summed E-state index contributed by atoms with van der Waals surface area (Å²) in [6, 6.07) is 24.3. The molecule has 6 rings (SSSR count). The zero-order chi connectivity index (χ0) is 30.6. The van der Waals surface area contributed by atoms with E-state index in [-0.39, 0.29) is 37.5 Å². The van der Waals surface area contributed by atoms with Crippen LogP contribution in [0, 0.1) is 0 Å². The fourth-order valence-corrected chi connectivity index (χ4v) is 6.37. The van der Waals surface area contributed by atoms with Crippen LogP contribution in [0.2, 0.25) is 0 Å². The molecule has 1 N–H and O–H groups in total. The van der Waals surface area contributed by atoms with Crippen molar-refractivity contribution in [1.82, 2.24) is 25.1 Å². The number of urea groups is 1. The van der Waals surface area contributed by atoms with Gasteiger partial charge in [0.05, 0.1) is 31.9 Å². The van der Waals surface area contributed by atoms with Gasteiger partial charge in [0.2, 0.25) is 11.8 Å². The molecule has 3 aliphatic heterocycles. The fourth-order valence-electron chi connectivity index (χ4n) is 6.37. The molecule has 3 heterocycles. The Morgan fingerprint density at radius 2 is 1.75 bits per heavy atom. The Labute approximate surface area is 258 Å². The van der Waals surface area contributed by atoms with Gasteiger partial charge in [-0.2, -0.15) is 5.01 Å². The number of fused-ring (bicyclic) bond motifs is 2. The number of ether oxygens (including phenoxy) is 1. The number of para-hydroxylation sites is 1. The number of carbonyl (C=O) groups is 3. The Morgan fingerprint density at radius 1 is 1.02 bits per heavy atom. The van der Waals surface area contributed by atoms with Crippen molar-refractivity contribution in [2.24, 2.45) is 0 Å². The average Bonchev–Trinajstić information content (AvgIpc) is 3.36. The normalized spacial score (nSPS) is 19.7. The molecule has 0 radical (unpaired) electrons. The fraction of sp³-hybridized carbons (Fsp3) is 0.324. The molecular formula is C34H38N6O4. The van der Waals surface area contributed by atoms with Gasteiger partial charge in [0.25, 0.3) is 0 Å². The highest BCUT2D eigenvalue weighted by molar-refractivity contribution is 5.92. The number of hydrogen-bond acceptors (Lipinski definition) is 6. The highest BCUT2D eigenvalue weighted by atomic mass is 16.5. The van der Waals surface area contributed by atoms with Crippen LogP contribution < -0.4 is 15.0 Å². The van der Waals surface area contributed by atoms with Gasteiger partial charge in [-0.15, -0.1) is 6.58 Å². The summed E-state index contributed by atoms with van der Waals surface area (Å²) in [6.07, 6.45) is 1.50. The minimum atomic E-state index is -0.708. The lowest BCUT2D eigenvalue weighted by Crippen LogP contribution is -2.66. The third-order valence-electron chi connectivity index (χ3n) is 8.48. The molecule has 4 amide bonds. The number of nitrogens with one attached hydrogen (secondary N) is 1. The van der Waals surface area contributed by atoms with E-state index in [0.717, 1.165) is 34.7 Å². The largest absolute Gasteiger partial charge is 0.490 e. The molecule has 44 heavy (non-hydrogen) atoms. The Kier molecular flexibility index (Phi) is 8.51. The van der Waals surface area contributed by atoms with E-state index >= 15 is 0 Å². The van der Waals surface area contributed by atoms with E-state index in [0.29, 0.717) is 26.1 Å². The van der Waals surface area contributed by atoms with Crippen molar-refractivity contribution in [2.75, 3.05) is 44.7 Å². The minimum Gasteiger partial charge on any atom is -0.490 e. The monoisotopic (exact) mass is 594 g/mol. The summed E-state index contributed by atoms with van der Waals surface area (Å²) in [5.41, 5.74) is 3.88. The predicted molar refractivity (Wildman–Crippen MR) is 167 cm³/mol. The lowest BCUT2D eigenvalue weighted by atomic mass is 9.99. The number of piperazine rings is 1. The predicted octanol–water partition coefficient (Wildman–Crippen LogP) is 3.25. The van der Waals surface area contributed by atoms with Crippen molar-refractivity contribution in [1.29, 1.82) is 0 Å². The molecule has 2 atom stereocenters. The van der Waals surface area contributed by atoms with Gasteiger partial charge < -0.3 is 24.8 Å². The van der Waals surface area contributed by atoms with Gasteiger partial charge in [0.1, 0.15) is 24.6 Å². The lowest BCUT2D eigenvalue weighted by Gasteiger charge is -2.46. The third-order valence-corrected chi connectivity index (χ3v) is 8.48. The van der Waals surface area contributed by atoms with Crippen molar-refractivity contribution in [3.63, 3.8) is 0 Å². The molecule has 0 bridgehead atoms. The van der Waals surface area contributed by atoms with Crippen molar-refractivity contribution < 1.29 is 19.1 Å². The van der Waals surface area contributed by atoms with Gasteiger partial charge in [0.15, 0.2) is 0 Å². The summed E-state index contributed by atoms with van der Waals surface area (Å²) in [7, 11) is 2.03. The zero-order valence-corrected chi connectivity index (χ0v) is 25.0. The standard InChI is InChI=1S/C34H38N6O4/c1-3-17-38(34(43)35-21-26-13-8-5-9-14-26)39-24-31(41)40-28(20-25-11-6-4-7-12-25)33(42)37(23-30(39)40)22-27-15-10-16-29-32(27)36(2)18-19-44-29/h3-16,28,30H,1,17-24H2,2H3,(H,35,43)/t28-,30+/m0/s1. The molecule has 3 aromatic rings. The number of nitrogens with zero attached hydrogens (tertiary/aromatic N) is 5. The van der Waals surface area contributed by atoms with Crippen LogP contribution >= 0.6 is 0 Å². The van der Waals surface area contributed by atoms with Crippen molar-refractivity contribution in [3.05, 3.63) is 108 Å². The number of hydrazine groups is 1. The third kappa shape index (κ3) is 5.85. The van der Waals surface area contributed by atoms with Crippen LogP contribution in [-0.2, 0) is 29.1 Å². The molecule has 0 saturated carbocycles. The maximum atomic E-state index is 14.2. The summed E-state index contributed by atoms with van der Waals surface area (Å²) in [5.74, 6) is 0.508. The molecule has 228 valence electrons. The molecule has 2 fully saturated rings. The number of benzene rings is 3. The van der Waals surface area contributed by atoms with Crippen molar-refractivity contribution in [3.8, 4) is 5.75 Å². The first kappa shape index (κ1) is 29.3. The van der Waals surface area contributed by atoms with Gasteiger partial charge in [-0.1, -0.05) is 78.9 Å². The molecule has 10 nitrogen and oxygen atoms in total. The molecule has 10 heteroatoms. The van der Waals surface area contributed by atoms with Gasteiger partial charge in [0, 0.05) is 26.6 Å². The van der Waals surface area contributed by atoms with E-state index < -0.39 is 12.2 Å². The summed E-state index contributed by atoms with van der Waals surface area (Å²) >= 11 is 0. The maximum absolute atomic E-state index is 14.2. The van der Waals surface area contributed by atoms with Gasteiger partial charge in [-0.25, -0.2) is 4.79 Å². The second kappa shape index (κ2) is 12.8. The van der Waals surface area contributed by atoms with Crippen LogP contribution in [0.4, 0.5) is 10.5 Å². The molecule has 0 aromatic heterocycles. The molecule has 2 saturated heterocycles. The second-order valence-corrected chi connectivity index (χ2v) is 11.4. The van der Waals surface area contributed by atoms with Crippen LogP contribution in [0.15, 0.2) is 91.5 Å². The van der Waals surface area contributed by atoms with Crippen molar-refractivity contribution in [2.45, 2.75) is 31.7 Å². The summed E-state index contributed by atoms with van der Waals surface area (Å²) in [4.78, 5) is 47.2. The first-order chi connectivity index (χ1) is 21.4. The summed E-state index contributed by atoms with van der Waals surface area (Å²) in [5, 5.41) is 6.32. The quantitative estimate of drug-likeness (QED) is 0.383. The minimum absolute atomic E-state index is 0.0129. The van der Waals surface area contributed by atoms with Gasteiger partial charge >= 0.3 is 6.03 Å². The highest BCUT2D eigenvalue weighted by Crippen LogP contribution is 2.36. The topological polar surface area (TPSA) is 88.7 Å². The lowest BCUT2D eigenvalue weighted by molar-refractivity contribution is -0.157. The smallest absolute Gasteiger partial charge is 0.332 e. The molecule has 0 aliphatic carbocycles. The van der Waals surface area contributed by atoms with Crippen LogP contribution in [0.3, 0.4) is 0 Å². The summed E-state index contributed by atoms with van der Waals surface area (Å²) in [6.45, 7) is 6.38. The molecule has 0 unspecified atom stereocenters. The van der Waals surface area contributed by atoms with Gasteiger partial charge in [-0.05, 0) is 22.8 Å². The van der Waals surface area contributed by atoms with Crippen LogP contribution in [-0.4, -0.2) is 89.7 Å². The maximum Gasteiger partial charge on any atom is 0.332 e. The van der Waals surface area contributed by atoms with Crippen LogP contribution in [0.5, 0.6) is 5.75 Å². The molecule has 3 aromatic carbocycles. The first-order valence-corrected chi connectivity index (χ1v) is 15.0. The molecule has 0 spiro atoms. The number of carbonyl (C=O) groups excluding carboxylic acids is 3. The average molecular weight is 595 g/mol. The Morgan fingerprint density at radius 3 is 2.48 bits per heavy atom. The van der Waals surface area contributed by atoms with E-state index in [9.17, 15) is 14.4 Å². The van der Waals surface area contributed by atoms with E-state index in [1.165, 1.54) is 5.01 Å². The second-order valence-electron chi connectivity index (χ2n) is 11.4. The summed E-state index contributed by atoms with van der Waals surface area (Å²) < 4.78 is 5.92. The van der Waals surface area contributed by atoms with E-state index in [1.54, 1.807) is 16.0 Å². The molecular weight excluding hydrogens is 556 g/mol. The van der Waals surface area contributed by atoms with Crippen molar-refractivity contribution >= 4 is 23.5 Å². The van der Waals surface area contributed by atoms with Gasteiger partial charge in [-0.3, -0.25) is 14.6 Å². The van der Waals surface area contributed by atoms with Crippen LogP contribution in [0.1, 0.15) is 16.7 Å². The Bertz CT molecular complexity index is 1520. The first-order valence-electron chi connectivity index (χ1n) is 15.0. The zero-order valence-electron chi connectivity index (χ0n) is 25.0. The Hall–Kier alpha value is -4.83. The Balaban J connectivity index is 1.31. The van der Waals surface area contributed by atoms with E-state index in [1.807, 2.05) is 90.8 Å². The number of anilines is 1.